The van der Waals surface area contributed by atoms with E-state index < -0.39 is 0 Å². The van der Waals surface area contributed by atoms with E-state index in [1.54, 1.807) is 13.2 Å². The van der Waals surface area contributed by atoms with Gasteiger partial charge in [-0.05, 0) is 24.6 Å². The van der Waals surface area contributed by atoms with Crippen molar-refractivity contribution in [2.45, 2.75) is 13.5 Å². The van der Waals surface area contributed by atoms with Crippen molar-refractivity contribution in [1.82, 2.24) is 0 Å². The molecular weight excluding hydrogens is 176 g/mol. The third kappa shape index (κ3) is 1.71. The van der Waals surface area contributed by atoms with Gasteiger partial charge in [-0.2, -0.15) is 0 Å². The molecule has 0 saturated heterocycles. The third-order valence-corrected chi connectivity index (χ3v) is 2.14. The van der Waals surface area contributed by atoms with Gasteiger partial charge in [-0.25, -0.2) is 0 Å². The number of hydrogen-bond acceptors (Lipinski definition) is 2. The predicted molar refractivity (Wildman–Crippen MR) is 48.7 cm³/mol. The van der Waals surface area contributed by atoms with Gasteiger partial charge in [0.2, 0.25) is 0 Å². The fourth-order valence-corrected chi connectivity index (χ4v) is 1.19. The molecule has 12 heavy (non-hydrogen) atoms. The molecule has 1 rings (SSSR count). The molecule has 0 bridgehead atoms. The molecule has 1 aromatic carbocycles. The molecule has 0 spiro atoms. The van der Waals surface area contributed by atoms with Gasteiger partial charge in [0.05, 0.1) is 13.7 Å². The summed E-state index contributed by atoms with van der Waals surface area (Å²) in [4.78, 5) is 0. The summed E-state index contributed by atoms with van der Waals surface area (Å²) >= 11 is 5.86. The maximum atomic E-state index is 8.94. The van der Waals surface area contributed by atoms with E-state index in [0.717, 1.165) is 11.1 Å². The zero-order chi connectivity index (χ0) is 9.14. The van der Waals surface area contributed by atoms with Gasteiger partial charge in [0, 0.05) is 10.6 Å². The van der Waals surface area contributed by atoms with Gasteiger partial charge in [0.1, 0.15) is 5.75 Å². The minimum Gasteiger partial charge on any atom is -0.496 e. The Bertz CT molecular complexity index is 255. The summed E-state index contributed by atoms with van der Waals surface area (Å²) in [5.74, 6) is 0.633. The molecule has 0 unspecified atom stereocenters. The van der Waals surface area contributed by atoms with E-state index in [-0.39, 0.29) is 6.61 Å². The van der Waals surface area contributed by atoms with Crippen LogP contribution in [0, 0.1) is 6.92 Å². The van der Waals surface area contributed by atoms with Crippen molar-refractivity contribution in [3.05, 3.63) is 28.3 Å². The van der Waals surface area contributed by atoms with Crippen molar-refractivity contribution in [2.24, 2.45) is 0 Å². The van der Waals surface area contributed by atoms with Crippen LogP contribution in [0.2, 0.25) is 5.02 Å². The van der Waals surface area contributed by atoms with Crippen LogP contribution in [0.25, 0.3) is 0 Å². The topological polar surface area (TPSA) is 29.5 Å². The first kappa shape index (κ1) is 9.36. The van der Waals surface area contributed by atoms with E-state index >= 15 is 0 Å². The predicted octanol–water partition coefficient (Wildman–Crippen LogP) is 2.15. The minimum atomic E-state index is -0.0266. The van der Waals surface area contributed by atoms with E-state index in [4.69, 9.17) is 21.4 Å². The summed E-state index contributed by atoms with van der Waals surface area (Å²) in [5.41, 5.74) is 1.71. The van der Waals surface area contributed by atoms with E-state index in [1.165, 1.54) is 0 Å². The molecule has 1 aromatic rings. The van der Waals surface area contributed by atoms with Gasteiger partial charge in [-0.15, -0.1) is 0 Å². The first-order chi connectivity index (χ1) is 5.69. The molecule has 0 aliphatic heterocycles. The lowest BCUT2D eigenvalue weighted by Crippen LogP contribution is -1.92. The Hall–Kier alpha value is -0.730. The Morgan fingerprint density at radius 2 is 2.17 bits per heavy atom. The van der Waals surface area contributed by atoms with Crippen LogP contribution >= 0.6 is 11.6 Å². The average Bonchev–Trinajstić information content (AvgIpc) is 2.09. The van der Waals surface area contributed by atoms with Gasteiger partial charge >= 0.3 is 0 Å². The van der Waals surface area contributed by atoms with Crippen LogP contribution in [-0.2, 0) is 6.61 Å². The van der Waals surface area contributed by atoms with Crippen LogP contribution in [0.15, 0.2) is 12.1 Å². The molecule has 0 aliphatic carbocycles. The molecule has 3 heteroatoms. The van der Waals surface area contributed by atoms with Crippen LogP contribution < -0.4 is 4.74 Å². The molecule has 0 amide bonds. The first-order valence-electron chi connectivity index (χ1n) is 3.63. The molecule has 0 radical (unpaired) electrons. The minimum absolute atomic E-state index is 0.0266. The van der Waals surface area contributed by atoms with Crippen LogP contribution in [0.5, 0.6) is 5.75 Å². The number of ether oxygens (including phenoxy) is 1. The summed E-state index contributed by atoms with van der Waals surface area (Å²) in [6.07, 6.45) is 0. The van der Waals surface area contributed by atoms with Crippen molar-refractivity contribution in [1.29, 1.82) is 0 Å². The van der Waals surface area contributed by atoms with Crippen molar-refractivity contribution < 1.29 is 9.84 Å². The highest BCUT2D eigenvalue weighted by Gasteiger charge is 2.04. The number of methoxy groups -OCH3 is 1. The number of aliphatic hydroxyl groups is 1. The largest absolute Gasteiger partial charge is 0.496 e. The number of rotatable bonds is 2. The van der Waals surface area contributed by atoms with Gasteiger partial charge in [-0.1, -0.05) is 11.6 Å². The Morgan fingerprint density at radius 3 is 2.67 bits per heavy atom. The molecule has 0 heterocycles. The lowest BCUT2D eigenvalue weighted by Gasteiger charge is -2.08. The average molecular weight is 187 g/mol. The second-order valence-corrected chi connectivity index (χ2v) is 2.98. The van der Waals surface area contributed by atoms with Crippen molar-refractivity contribution in [2.75, 3.05) is 7.11 Å². The Kier molecular flexibility index (Phi) is 2.95. The summed E-state index contributed by atoms with van der Waals surface area (Å²) in [6, 6.07) is 3.53. The van der Waals surface area contributed by atoms with Gasteiger partial charge in [0.25, 0.3) is 0 Å². The zero-order valence-electron chi connectivity index (χ0n) is 7.10. The zero-order valence-corrected chi connectivity index (χ0v) is 7.85. The summed E-state index contributed by atoms with van der Waals surface area (Å²) < 4.78 is 5.03. The lowest BCUT2D eigenvalue weighted by molar-refractivity contribution is 0.273. The standard InChI is InChI=1S/C9H11ClO2/c1-6-3-7(5-11)9(12-2)4-8(6)10/h3-4,11H,5H2,1-2H3. The molecule has 2 nitrogen and oxygen atoms in total. The van der Waals surface area contributed by atoms with Gasteiger partial charge < -0.3 is 9.84 Å². The molecule has 0 aromatic heterocycles. The second-order valence-electron chi connectivity index (χ2n) is 2.57. The normalized spacial score (nSPS) is 10.0. The van der Waals surface area contributed by atoms with E-state index in [0.29, 0.717) is 10.8 Å². The Balaban J connectivity index is 3.19. The number of hydrogen-bond donors (Lipinski definition) is 1. The lowest BCUT2D eigenvalue weighted by atomic mass is 10.1. The molecule has 1 N–H and O–H groups in total. The van der Waals surface area contributed by atoms with E-state index in [9.17, 15) is 0 Å². The van der Waals surface area contributed by atoms with E-state index in [1.807, 2.05) is 13.0 Å². The molecule has 0 saturated carbocycles. The molecule has 0 aliphatic rings. The quantitative estimate of drug-likeness (QED) is 0.767. The van der Waals surface area contributed by atoms with Gasteiger partial charge in [0.15, 0.2) is 0 Å². The maximum Gasteiger partial charge on any atom is 0.125 e. The smallest absolute Gasteiger partial charge is 0.125 e. The van der Waals surface area contributed by atoms with Crippen molar-refractivity contribution in [3.63, 3.8) is 0 Å². The molecule has 66 valence electrons. The highest BCUT2D eigenvalue weighted by atomic mass is 35.5. The SMILES string of the molecule is COc1cc(Cl)c(C)cc1CO. The van der Waals surface area contributed by atoms with Crippen LogP contribution in [0.1, 0.15) is 11.1 Å². The fraction of sp³-hybridized carbons (Fsp3) is 0.333. The second kappa shape index (κ2) is 3.78. The van der Waals surface area contributed by atoms with Crippen molar-refractivity contribution >= 4 is 11.6 Å². The molecular formula is C9H11ClO2. The fourth-order valence-electron chi connectivity index (χ4n) is 1.04. The molecule has 0 fully saturated rings. The Labute approximate surface area is 76.7 Å². The maximum absolute atomic E-state index is 8.94. The highest BCUT2D eigenvalue weighted by molar-refractivity contribution is 6.31. The van der Waals surface area contributed by atoms with Gasteiger partial charge in [-0.3, -0.25) is 0 Å². The van der Waals surface area contributed by atoms with Crippen LogP contribution in [-0.4, -0.2) is 12.2 Å². The number of aliphatic hydroxyl groups excluding tert-OH is 1. The summed E-state index contributed by atoms with van der Waals surface area (Å²) in [5, 5.41) is 9.60. The highest BCUT2D eigenvalue weighted by Crippen LogP contribution is 2.26. The number of benzene rings is 1. The van der Waals surface area contributed by atoms with Crippen molar-refractivity contribution in [3.8, 4) is 5.75 Å². The molecule has 0 atom stereocenters. The first-order valence-corrected chi connectivity index (χ1v) is 4.00. The summed E-state index contributed by atoms with van der Waals surface area (Å²) in [6.45, 7) is 1.86. The summed E-state index contributed by atoms with van der Waals surface area (Å²) in [7, 11) is 1.56. The van der Waals surface area contributed by atoms with E-state index in [2.05, 4.69) is 0 Å². The Morgan fingerprint density at radius 1 is 1.50 bits per heavy atom. The monoisotopic (exact) mass is 186 g/mol. The number of halogens is 1. The van der Waals surface area contributed by atoms with Crippen LogP contribution in [0.3, 0.4) is 0 Å². The third-order valence-electron chi connectivity index (χ3n) is 1.73. The van der Waals surface area contributed by atoms with Crippen LogP contribution in [0.4, 0.5) is 0 Å². The number of aryl methyl sites for hydroxylation is 1.